The molecule has 0 radical (unpaired) electrons. The smallest absolute Gasteiger partial charge is 0.175 e. The fraction of sp³-hybridized carbons (Fsp3) is 0.273. The van der Waals surface area contributed by atoms with Gasteiger partial charge in [0, 0.05) is 29.4 Å². The van der Waals surface area contributed by atoms with Gasteiger partial charge >= 0.3 is 0 Å². The molecule has 0 bridgehead atoms. The van der Waals surface area contributed by atoms with Crippen molar-refractivity contribution in [1.29, 1.82) is 0 Å². The van der Waals surface area contributed by atoms with Crippen molar-refractivity contribution < 1.29 is 8.42 Å². The summed E-state index contributed by atoms with van der Waals surface area (Å²) in [4.78, 5) is 3.39. The zero-order chi connectivity index (χ0) is 11.9. The molecule has 1 unspecified atom stereocenters. The summed E-state index contributed by atoms with van der Waals surface area (Å²) in [6.45, 7) is 1.87. The van der Waals surface area contributed by atoms with Crippen molar-refractivity contribution in [2.24, 2.45) is 5.73 Å². The van der Waals surface area contributed by atoms with E-state index in [9.17, 15) is 8.42 Å². The van der Waals surface area contributed by atoms with Gasteiger partial charge in [-0.05, 0) is 30.7 Å². The number of rotatable bonds is 2. The van der Waals surface area contributed by atoms with Crippen molar-refractivity contribution in [1.82, 2.24) is 4.98 Å². The molecule has 0 saturated carbocycles. The summed E-state index contributed by atoms with van der Waals surface area (Å²) in [6.07, 6.45) is 3.02. The molecular formula is C11H14N2O2S. The highest BCUT2D eigenvalue weighted by Gasteiger charge is 2.12. The average Bonchev–Trinajstić information content (AvgIpc) is 2.58. The number of nitrogens with two attached hydrogens (primary N) is 1. The molecule has 1 aromatic carbocycles. The van der Waals surface area contributed by atoms with Crippen LogP contribution in [0.15, 0.2) is 29.3 Å². The molecule has 2 aromatic rings. The zero-order valence-corrected chi connectivity index (χ0v) is 10.0. The number of nitrogens with one attached hydrogen (secondary N) is 1. The second-order valence-electron chi connectivity index (χ2n) is 4.01. The molecule has 0 spiro atoms. The van der Waals surface area contributed by atoms with Crippen molar-refractivity contribution in [2.75, 3.05) is 6.26 Å². The molecule has 0 amide bonds. The van der Waals surface area contributed by atoms with Gasteiger partial charge in [0.2, 0.25) is 0 Å². The van der Waals surface area contributed by atoms with Crippen LogP contribution in [0, 0.1) is 0 Å². The second-order valence-corrected chi connectivity index (χ2v) is 6.03. The van der Waals surface area contributed by atoms with Gasteiger partial charge < -0.3 is 10.7 Å². The third kappa shape index (κ3) is 1.83. The normalized spacial score (nSPS) is 14.2. The predicted molar refractivity (Wildman–Crippen MR) is 64.0 cm³/mol. The molecule has 3 N–H and O–H groups in total. The Morgan fingerprint density at radius 2 is 2.06 bits per heavy atom. The highest BCUT2D eigenvalue weighted by atomic mass is 32.2. The molecule has 4 nitrogen and oxygen atoms in total. The van der Waals surface area contributed by atoms with Crippen LogP contribution in [0.5, 0.6) is 0 Å². The SMILES string of the molecule is CC(N)c1c[nH]c2ccc(S(C)(=O)=O)cc12. The van der Waals surface area contributed by atoms with E-state index in [0.717, 1.165) is 16.5 Å². The minimum absolute atomic E-state index is 0.122. The van der Waals surface area contributed by atoms with E-state index in [4.69, 9.17) is 5.73 Å². The molecule has 1 aromatic heterocycles. The summed E-state index contributed by atoms with van der Waals surface area (Å²) in [5.74, 6) is 0. The van der Waals surface area contributed by atoms with Crippen LogP contribution >= 0.6 is 0 Å². The summed E-state index contributed by atoms with van der Waals surface area (Å²) in [5.41, 5.74) is 7.65. The highest BCUT2D eigenvalue weighted by Crippen LogP contribution is 2.25. The molecule has 1 atom stereocenters. The van der Waals surface area contributed by atoms with Gasteiger partial charge in [-0.1, -0.05) is 0 Å². The summed E-state index contributed by atoms with van der Waals surface area (Å²) in [6, 6.07) is 4.90. The van der Waals surface area contributed by atoms with Gasteiger partial charge in [0.15, 0.2) is 9.84 Å². The molecule has 86 valence electrons. The number of hydrogen-bond donors (Lipinski definition) is 2. The first-order valence-corrected chi connectivity index (χ1v) is 6.85. The number of sulfone groups is 1. The zero-order valence-electron chi connectivity index (χ0n) is 9.19. The van der Waals surface area contributed by atoms with Crippen LogP contribution in [-0.2, 0) is 9.84 Å². The van der Waals surface area contributed by atoms with Crippen LogP contribution in [0.1, 0.15) is 18.5 Å². The second kappa shape index (κ2) is 3.61. The van der Waals surface area contributed by atoms with E-state index in [-0.39, 0.29) is 6.04 Å². The van der Waals surface area contributed by atoms with E-state index in [2.05, 4.69) is 4.98 Å². The van der Waals surface area contributed by atoms with E-state index in [1.54, 1.807) is 18.2 Å². The van der Waals surface area contributed by atoms with Gasteiger partial charge in [-0.3, -0.25) is 0 Å². The van der Waals surface area contributed by atoms with E-state index in [0.29, 0.717) is 4.90 Å². The van der Waals surface area contributed by atoms with Crippen LogP contribution in [0.25, 0.3) is 10.9 Å². The van der Waals surface area contributed by atoms with Gasteiger partial charge in [0.05, 0.1) is 4.90 Å². The summed E-state index contributed by atoms with van der Waals surface area (Å²) >= 11 is 0. The lowest BCUT2D eigenvalue weighted by molar-refractivity contribution is 0.602. The molecule has 5 heteroatoms. The molecule has 16 heavy (non-hydrogen) atoms. The first-order valence-electron chi connectivity index (χ1n) is 4.96. The van der Waals surface area contributed by atoms with E-state index in [1.165, 1.54) is 6.26 Å². The molecule has 0 fully saturated rings. The first kappa shape index (κ1) is 11.2. The van der Waals surface area contributed by atoms with Gasteiger partial charge in [-0.2, -0.15) is 0 Å². The predicted octanol–water partition coefficient (Wildman–Crippen LogP) is 1.59. The fourth-order valence-corrected chi connectivity index (χ4v) is 2.38. The summed E-state index contributed by atoms with van der Waals surface area (Å²) in [7, 11) is -3.17. The van der Waals surface area contributed by atoms with Crippen LogP contribution in [-0.4, -0.2) is 19.7 Å². The molecule has 2 rings (SSSR count). The molecule has 0 aliphatic rings. The number of hydrogen-bond acceptors (Lipinski definition) is 3. The van der Waals surface area contributed by atoms with Crippen LogP contribution in [0.4, 0.5) is 0 Å². The van der Waals surface area contributed by atoms with Gasteiger partial charge in [-0.25, -0.2) is 8.42 Å². The quantitative estimate of drug-likeness (QED) is 0.834. The lowest BCUT2D eigenvalue weighted by Crippen LogP contribution is -2.04. The topological polar surface area (TPSA) is 76.0 Å². The highest BCUT2D eigenvalue weighted by molar-refractivity contribution is 7.90. The van der Waals surface area contributed by atoms with Crippen LogP contribution in [0.3, 0.4) is 0 Å². The Balaban J connectivity index is 2.73. The third-order valence-electron chi connectivity index (χ3n) is 2.60. The van der Waals surface area contributed by atoms with Crippen LogP contribution < -0.4 is 5.73 Å². The van der Waals surface area contributed by atoms with E-state index >= 15 is 0 Å². The van der Waals surface area contributed by atoms with Crippen molar-refractivity contribution >= 4 is 20.7 Å². The Hall–Kier alpha value is -1.33. The third-order valence-corrected chi connectivity index (χ3v) is 3.71. The van der Waals surface area contributed by atoms with Crippen LogP contribution in [0.2, 0.25) is 0 Å². The Labute approximate surface area is 94.4 Å². The number of H-pyrrole nitrogens is 1. The average molecular weight is 238 g/mol. The standard InChI is InChI=1S/C11H14N2O2S/c1-7(12)10-6-13-11-4-3-8(5-9(10)11)16(2,14)15/h3-7,13H,12H2,1-2H3. The van der Waals surface area contributed by atoms with Crippen molar-refractivity contribution in [3.05, 3.63) is 30.0 Å². The minimum atomic E-state index is -3.17. The Morgan fingerprint density at radius 1 is 1.38 bits per heavy atom. The largest absolute Gasteiger partial charge is 0.361 e. The Bertz CT molecular complexity index is 626. The number of aromatic amines is 1. The monoisotopic (exact) mass is 238 g/mol. The maximum absolute atomic E-state index is 11.4. The Morgan fingerprint density at radius 3 is 2.62 bits per heavy atom. The lowest BCUT2D eigenvalue weighted by Gasteiger charge is -2.04. The number of aromatic nitrogens is 1. The van der Waals surface area contributed by atoms with Crippen molar-refractivity contribution in [3.63, 3.8) is 0 Å². The maximum Gasteiger partial charge on any atom is 0.175 e. The maximum atomic E-state index is 11.4. The first-order chi connectivity index (χ1) is 7.39. The molecule has 0 saturated heterocycles. The lowest BCUT2D eigenvalue weighted by atomic mass is 10.1. The summed E-state index contributed by atoms with van der Waals surface area (Å²) < 4.78 is 22.9. The van der Waals surface area contributed by atoms with Crippen molar-refractivity contribution in [3.8, 4) is 0 Å². The van der Waals surface area contributed by atoms with Gasteiger partial charge in [0.25, 0.3) is 0 Å². The van der Waals surface area contributed by atoms with Gasteiger partial charge in [-0.15, -0.1) is 0 Å². The van der Waals surface area contributed by atoms with Crippen molar-refractivity contribution in [2.45, 2.75) is 17.9 Å². The fourth-order valence-electron chi connectivity index (χ4n) is 1.73. The van der Waals surface area contributed by atoms with Gasteiger partial charge in [0.1, 0.15) is 0 Å². The van der Waals surface area contributed by atoms with E-state index in [1.807, 2.05) is 13.1 Å². The molecule has 0 aliphatic carbocycles. The summed E-state index contributed by atoms with van der Waals surface area (Å²) in [5, 5.41) is 0.873. The van der Waals surface area contributed by atoms with E-state index < -0.39 is 9.84 Å². The Kier molecular flexibility index (Phi) is 2.52. The molecule has 1 heterocycles. The minimum Gasteiger partial charge on any atom is -0.361 e. The number of benzene rings is 1. The number of fused-ring (bicyclic) bond motifs is 1. The molecule has 0 aliphatic heterocycles. The molecular weight excluding hydrogens is 224 g/mol.